The van der Waals surface area contributed by atoms with E-state index in [0.29, 0.717) is 6.54 Å². The zero-order chi connectivity index (χ0) is 13.5. The Morgan fingerprint density at radius 3 is 2.32 bits per heavy atom. The molecular formula is C15H25ClN2O. The van der Waals surface area contributed by atoms with Crippen LogP contribution in [0.25, 0.3) is 0 Å². The highest BCUT2D eigenvalue weighted by Crippen LogP contribution is 2.06. The van der Waals surface area contributed by atoms with Crippen molar-refractivity contribution < 1.29 is 4.79 Å². The number of rotatable bonds is 6. The predicted molar refractivity (Wildman–Crippen MR) is 82.5 cm³/mol. The van der Waals surface area contributed by atoms with Crippen LogP contribution >= 0.6 is 12.4 Å². The van der Waals surface area contributed by atoms with Crippen LogP contribution in [0.5, 0.6) is 0 Å². The second-order valence-electron chi connectivity index (χ2n) is 4.92. The maximum absolute atomic E-state index is 12.1. The van der Waals surface area contributed by atoms with Gasteiger partial charge in [0.2, 0.25) is 5.91 Å². The highest BCUT2D eigenvalue weighted by Gasteiger charge is 2.22. The zero-order valence-electron chi connectivity index (χ0n) is 12.0. The van der Waals surface area contributed by atoms with Gasteiger partial charge in [0.25, 0.3) is 0 Å². The molecule has 0 saturated heterocycles. The van der Waals surface area contributed by atoms with E-state index in [1.54, 1.807) is 0 Å². The summed E-state index contributed by atoms with van der Waals surface area (Å²) in [4.78, 5) is 14.0. The first kappa shape index (κ1) is 17.9. The Hall–Kier alpha value is -1.06. The number of carbonyl (C=O) groups excluding carboxylic acids is 1. The normalized spacial score (nSPS) is 11.8. The van der Waals surface area contributed by atoms with Crippen molar-refractivity contribution >= 4 is 18.3 Å². The third-order valence-corrected chi connectivity index (χ3v) is 3.21. The summed E-state index contributed by atoms with van der Waals surface area (Å²) in [5, 5.41) is 0. The van der Waals surface area contributed by atoms with Crippen LogP contribution < -0.4 is 5.73 Å². The van der Waals surface area contributed by atoms with Gasteiger partial charge in [0.05, 0.1) is 6.04 Å². The fourth-order valence-electron chi connectivity index (χ4n) is 1.83. The minimum absolute atomic E-state index is 0. The first-order valence-electron chi connectivity index (χ1n) is 6.64. The topological polar surface area (TPSA) is 46.3 Å². The van der Waals surface area contributed by atoms with Gasteiger partial charge < -0.3 is 10.6 Å². The van der Waals surface area contributed by atoms with Crippen molar-refractivity contribution in [3.05, 3.63) is 35.9 Å². The Bertz CT molecular complexity index is 368. The zero-order valence-corrected chi connectivity index (χ0v) is 12.8. The maximum atomic E-state index is 12.1. The Labute approximate surface area is 122 Å². The molecule has 0 saturated carbocycles. The van der Waals surface area contributed by atoms with Crippen molar-refractivity contribution in [2.75, 3.05) is 13.1 Å². The van der Waals surface area contributed by atoms with Crippen molar-refractivity contribution in [2.45, 2.75) is 33.2 Å². The maximum Gasteiger partial charge on any atom is 0.239 e. The fraction of sp³-hybridized carbons (Fsp3) is 0.533. The quantitative estimate of drug-likeness (QED) is 0.872. The SMILES string of the molecule is CCN(CCc1ccccc1)C(=O)[C@H](N)C(C)C.Cl. The molecule has 0 aliphatic rings. The van der Waals surface area contributed by atoms with Gasteiger partial charge in [-0.05, 0) is 24.8 Å². The minimum Gasteiger partial charge on any atom is -0.341 e. The summed E-state index contributed by atoms with van der Waals surface area (Å²) in [6.45, 7) is 7.41. The molecule has 2 N–H and O–H groups in total. The van der Waals surface area contributed by atoms with Crippen LogP contribution in [0.15, 0.2) is 30.3 Å². The third kappa shape index (κ3) is 5.62. The molecule has 0 radical (unpaired) electrons. The van der Waals surface area contributed by atoms with E-state index >= 15 is 0 Å². The molecule has 0 fully saturated rings. The third-order valence-electron chi connectivity index (χ3n) is 3.21. The summed E-state index contributed by atoms with van der Waals surface area (Å²) in [5.74, 6) is 0.242. The number of likely N-dealkylation sites (N-methyl/N-ethyl adjacent to an activating group) is 1. The summed E-state index contributed by atoms with van der Waals surface area (Å²) in [7, 11) is 0. The van der Waals surface area contributed by atoms with E-state index in [1.807, 2.05) is 43.9 Å². The van der Waals surface area contributed by atoms with Crippen LogP contribution in [0.1, 0.15) is 26.3 Å². The van der Waals surface area contributed by atoms with Crippen molar-refractivity contribution in [2.24, 2.45) is 11.7 Å². The average molecular weight is 285 g/mol. The van der Waals surface area contributed by atoms with Crippen LogP contribution in [0.3, 0.4) is 0 Å². The molecule has 0 bridgehead atoms. The van der Waals surface area contributed by atoms with E-state index < -0.39 is 0 Å². The van der Waals surface area contributed by atoms with Crippen molar-refractivity contribution in [1.82, 2.24) is 4.90 Å². The lowest BCUT2D eigenvalue weighted by Gasteiger charge is -2.26. The number of halogens is 1. The van der Waals surface area contributed by atoms with E-state index in [4.69, 9.17) is 5.73 Å². The first-order valence-corrected chi connectivity index (χ1v) is 6.64. The van der Waals surface area contributed by atoms with Crippen LogP contribution in [0, 0.1) is 5.92 Å². The van der Waals surface area contributed by atoms with Gasteiger partial charge >= 0.3 is 0 Å². The van der Waals surface area contributed by atoms with Gasteiger partial charge in [-0.2, -0.15) is 0 Å². The monoisotopic (exact) mass is 284 g/mol. The molecule has 1 aromatic rings. The van der Waals surface area contributed by atoms with Crippen molar-refractivity contribution in [3.8, 4) is 0 Å². The molecule has 1 aromatic carbocycles. The van der Waals surface area contributed by atoms with Gasteiger partial charge in [-0.25, -0.2) is 0 Å². The largest absolute Gasteiger partial charge is 0.341 e. The van der Waals surface area contributed by atoms with E-state index in [-0.39, 0.29) is 30.3 Å². The van der Waals surface area contributed by atoms with Crippen molar-refractivity contribution in [1.29, 1.82) is 0 Å². The average Bonchev–Trinajstić information content (AvgIpc) is 2.39. The Balaban J connectivity index is 0.00000324. The van der Waals surface area contributed by atoms with Gasteiger partial charge in [-0.3, -0.25) is 4.79 Å². The van der Waals surface area contributed by atoms with Gasteiger partial charge in [-0.15, -0.1) is 12.4 Å². The fourth-order valence-corrected chi connectivity index (χ4v) is 1.83. The molecule has 0 heterocycles. The summed E-state index contributed by atoms with van der Waals surface area (Å²) in [5.41, 5.74) is 7.17. The Kier molecular flexibility index (Phi) is 8.44. The Morgan fingerprint density at radius 1 is 1.26 bits per heavy atom. The number of amides is 1. The second-order valence-corrected chi connectivity index (χ2v) is 4.92. The van der Waals surface area contributed by atoms with Crippen LogP contribution in [-0.2, 0) is 11.2 Å². The van der Waals surface area contributed by atoms with E-state index in [9.17, 15) is 4.79 Å². The molecule has 0 aliphatic heterocycles. The standard InChI is InChI=1S/C15H24N2O.ClH/c1-4-17(15(18)14(16)12(2)3)11-10-13-8-6-5-7-9-13;/h5-9,12,14H,4,10-11,16H2,1-3H3;1H/t14-;/m1./s1. The predicted octanol–water partition coefficient (Wildman–Crippen LogP) is 2.48. The molecule has 1 amide bonds. The first-order chi connectivity index (χ1) is 8.56. The lowest BCUT2D eigenvalue weighted by Crippen LogP contribution is -2.47. The smallest absolute Gasteiger partial charge is 0.239 e. The number of hydrogen-bond donors (Lipinski definition) is 1. The van der Waals surface area contributed by atoms with Crippen LogP contribution in [-0.4, -0.2) is 29.9 Å². The molecule has 19 heavy (non-hydrogen) atoms. The number of carbonyl (C=O) groups is 1. The lowest BCUT2D eigenvalue weighted by atomic mass is 10.0. The number of benzene rings is 1. The lowest BCUT2D eigenvalue weighted by molar-refractivity contribution is -0.133. The molecule has 0 spiro atoms. The molecule has 3 nitrogen and oxygen atoms in total. The highest BCUT2D eigenvalue weighted by molar-refractivity contribution is 5.85. The molecular weight excluding hydrogens is 260 g/mol. The van der Waals surface area contributed by atoms with Crippen LogP contribution in [0.2, 0.25) is 0 Å². The summed E-state index contributed by atoms with van der Waals surface area (Å²) in [6, 6.07) is 9.82. The van der Waals surface area contributed by atoms with Gasteiger partial charge in [-0.1, -0.05) is 44.2 Å². The molecule has 1 rings (SSSR count). The molecule has 108 valence electrons. The summed E-state index contributed by atoms with van der Waals surface area (Å²) in [6.07, 6.45) is 0.880. The minimum atomic E-state index is -0.388. The number of nitrogens with zero attached hydrogens (tertiary/aromatic N) is 1. The number of nitrogens with two attached hydrogens (primary N) is 1. The van der Waals surface area contributed by atoms with Crippen molar-refractivity contribution in [3.63, 3.8) is 0 Å². The molecule has 1 atom stereocenters. The molecule has 0 aromatic heterocycles. The van der Waals surface area contributed by atoms with Crippen LogP contribution in [0.4, 0.5) is 0 Å². The number of hydrogen-bond acceptors (Lipinski definition) is 2. The van der Waals surface area contributed by atoms with Gasteiger partial charge in [0.15, 0.2) is 0 Å². The second kappa shape index (κ2) is 8.94. The molecule has 0 unspecified atom stereocenters. The Morgan fingerprint density at radius 2 is 1.84 bits per heavy atom. The molecule has 4 heteroatoms. The highest BCUT2D eigenvalue weighted by atomic mass is 35.5. The van der Waals surface area contributed by atoms with E-state index in [0.717, 1.165) is 13.0 Å². The molecule has 0 aliphatic carbocycles. The summed E-state index contributed by atoms with van der Waals surface area (Å²) >= 11 is 0. The van der Waals surface area contributed by atoms with E-state index in [1.165, 1.54) is 5.56 Å². The van der Waals surface area contributed by atoms with E-state index in [2.05, 4.69) is 12.1 Å². The van der Waals surface area contributed by atoms with Gasteiger partial charge in [0.1, 0.15) is 0 Å². The summed E-state index contributed by atoms with van der Waals surface area (Å²) < 4.78 is 0. The van der Waals surface area contributed by atoms with Gasteiger partial charge in [0, 0.05) is 13.1 Å².